The van der Waals surface area contributed by atoms with Crippen LogP contribution >= 0.6 is 0 Å². The summed E-state index contributed by atoms with van der Waals surface area (Å²) in [5.41, 5.74) is 1.52. The highest BCUT2D eigenvalue weighted by Crippen LogP contribution is 2.24. The Bertz CT molecular complexity index is 811. The van der Waals surface area contributed by atoms with Gasteiger partial charge in [-0.2, -0.15) is 5.10 Å². The van der Waals surface area contributed by atoms with Gasteiger partial charge in [0.15, 0.2) is 0 Å². The zero-order valence-corrected chi connectivity index (χ0v) is 16.4. The van der Waals surface area contributed by atoms with Gasteiger partial charge in [-0.25, -0.2) is 9.07 Å². The van der Waals surface area contributed by atoms with Crippen LogP contribution in [0, 0.1) is 12.7 Å². The fourth-order valence-corrected chi connectivity index (χ4v) is 3.44. The van der Waals surface area contributed by atoms with Crippen molar-refractivity contribution in [3.63, 3.8) is 0 Å². The SMILES string of the molecule is Cc1cc(NC(=O)CN2CCNCC2c2cccc(F)c2)n(C(C)(C)C)n1. The molecule has 0 spiro atoms. The molecule has 1 atom stereocenters. The fourth-order valence-electron chi connectivity index (χ4n) is 3.44. The lowest BCUT2D eigenvalue weighted by Crippen LogP contribution is -2.48. The number of carbonyl (C=O) groups is 1. The van der Waals surface area contributed by atoms with E-state index in [2.05, 4.69) is 20.6 Å². The Kier molecular flexibility index (Phi) is 5.62. The van der Waals surface area contributed by atoms with Crippen molar-refractivity contribution in [3.05, 3.63) is 47.4 Å². The van der Waals surface area contributed by atoms with Gasteiger partial charge in [-0.3, -0.25) is 9.69 Å². The highest BCUT2D eigenvalue weighted by Gasteiger charge is 2.27. The average Bonchev–Trinajstić information content (AvgIpc) is 2.96. The highest BCUT2D eigenvalue weighted by molar-refractivity contribution is 5.91. The molecule has 1 aromatic heterocycles. The second-order valence-electron chi connectivity index (χ2n) is 8.05. The average molecular weight is 373 g/mol. The second-order valence-corrected chi connectivity index (χ2v) is 8.05. The lowest BCUT2D eigenvalue weighted by Gasteiger charge is -2.36. The van der Waals surface area contributed by atoms with Crippen LogP contribution in [0.5, 0.6) is 0 Å². The normalized spacial score (nSPS) is 18.5. The van der Waals surface area contributed by atoms with Crippen molar-refractivity contribution < 1.29 is 9.18 Å². The fraction of sp³-hybridized carbons (Fsp3) is 0.500. The number of hydrogen-bond donors (Lipinski definition) is 2. The van der Waals surface area contributed by atoms with Gasteiger partial charge in [0, 0.05) is 31.7 Å². The molecule has 0 aliphatic carbocycles. The molecule has 1 fully saturated rings. The smallest absolute Gasteiger partial charge is 0.239 e. The number of rotatable bonds is 4. The first-order valence-corrected chi connectivity index (χ1v) is 9.31. The van der Waals surface area contributed by atoms with Crippen LogP contribution in [0.15, 0.2) is 30.3 Å². The Hall–Kier alpha value is -2.25. The Morgan fingerprint density at radius 3 is 2.85 bits per heavy atom. The largest absolute Gasteiger partial charge is 0.314 e. The molecule has 1 aliphatic rings. The maximum Gasteiger partial charge on any atom is 0.239 e. The van der Waals surface area contributed by atoms with Crippen LogP contribution in [0.3, 0.4) is 0 Å². The van der Waals surface area contributed by atoms with E-state index in [1.807, 2.05) is 44.5 Å². The van der Waals surface area contributed by atoms with Crippen LogP contribution in [0.2, 0.25) is 0 Å². The van der Waals surface area contributed by atoms with E-state index < -0.39 is 0 Å². The maximum absolute atomic E-state index is 13.6. The zero-order chi connectivity index (χ0) is 19.6. The Balaban J connectivity index is 1.73. The highest BCUT2D eigenvalue weighted by atomic mass is 19.1. The molecule has 1 saturated heterocycles. The number of piperazine rings is 1. The van der Waals surface area contributed by atoms with Crippen molar-refractivity contribution in [3.8, 4) is 0 Å². The number of halogens is 1. The summed E-state index contributed by atoms with van der Waals surface area (Å²) < 4.78 is 15.5. The number of nitrogens with zero attached hydrogens (tertiary/aromatic N) is 3. The molecule has 2 N–H and O–H groups in total. The summed E-state index contributed by atoms with van der Waals surface area (Å²) in [5, 5.41) is 10.8. The van der Waals surface area contributed by atoms with Crippen molar-refractivity contribution in [1.29, 1.82) is 0 Å². The third-order valence-corrected chi connectivity index (χ3v) is 4.67. The standard InChI is InChI=1S/C20H28FN5O/c1-14-10-18(26(24-14)20(2,3)4)23-19(27)13-25-9-8-22-12-17(25)15-6-5-7-16(21)11-15/h5-7,10-11,17,22H,8-9,12-13H2,1-4H3,(H,23,27). The van der Waals surface area contributed by atoms with Crippen LogP contribution in [-0.4, -0.2) is 46.8 Å². The number of hydrogen-bond acceptors (Lipinski definition) is 4. The van der Waals surface area contributed by atoms with Gasteiger partial charge >= 0.3 is 0 Å². The van der Waals surface area contributed by atoms with Gasteiger partial charge in [-0.1, -0.05) is 12.1 Å². The number of amides is 1. The monoisotopic (exact) mass is 373 g/mol. The van der Waals surface area contributed by atoms with E-state index in [0.29, 0.717) is 12.4 Å². The minimum Gasteiger partial charge on any atom is -0.314 e. The molecule has 3 rings (SSSR count). The van der Waals surface area contributed by atoms with E-state index in [9.17, 15) is 9.18 Å². The number of nitrogens with one attached hydrogen (secondary N) is 2. The molecule has 2 aromatic rings. The van der Waals surface area contributed by atoms with Gasteiger partial charge in [-0.15, -0.1) is 0 Å². The van der Waals surface area contributed by atoms with Crippen molar-refractivity contribution in [2.75, 3.05) is 31.5 Å². The zero-order valence-electron chi connectivity index (χ0n) is 16.4. The molecule has 1 aliphatic heterocycles. The minimum atomic E-state index is -0.257. The van der Waals surface area contributed by atoms with Gasteiger partial charge in [-0.05, 0) is 45.4 Å². The topological polar surface area (TPSA) is 62.2 Å². The summed E-state index contributed by atoms with van der Waals surface area (Å²) in [7, 11) is 0. The van der Waals surface area contributed by atoms with Gasteiger partial charge in [0.25, 0.3) is 0 Å². The molecule has 1 amide bonds. The second kappa shape index (κ2) is 7.78. The van der Waals surface area contributed by atoms with Crippen LogP contribution < -0.4 is 10.6 Å². The van der Waals surface area contributed by atoms with Crippen LogP contribution in [0.4, 0.5) is 10.2 Å². The minimum absolute atomic E-state index is 0.0329. The number of benzene rings is 1. The van der Waals surface area contributed by atoms with Crippen molar-refractivity contribution in [1.82, 2.24) is 20.0 Å². The van der Waals surface area contributed by atoms with Gasteiger partial charge in [0.2, 0.25) is 5.91 Å². The van der Waals surface area contributed by atoms with Gasteiger partial charge in [0.1, 0.15) is 11.6 Å². The molecule has 0 radical (unpaired) electrons. The summed E-state index contributed by atoms with van der Waals surface area (Å²) in [6, 6.07) is 8.44. The molecule has 1 unspecified atom stereocenters. The van der Waals surface area contributed by atoms with E-state index in [4.69, 9.17) is 0 Å². The van der Waals surface area contributed by atoms with Crippen molar-refractivity contribution >= 4 is 11.7 Å². The lowest BCUT2D eigenvalue weighted by atomic mass is 10.0. The van der Waals surface area contributed by atoms with Crippen molar-refractivity contribution in [2.24, 2.45) is 0 Å². The van der Waals surface area contributed by atoms with Crippen LogP contribution in [0.1, 0.15) is 38.1 Å². The van der Waals surface area contributed by atoms with E-state index in [1.165, 1.54) is 6.07 Å². The van der Waals surface area contributed by atoms with E-state index in [-0.39, 0.29) is 29.8 Å². The summed E-state index contributed by atoms with van der Waals surface area (Å²) >= 11 is 0. The lowest BCUT2D eigenvalue weighted by molar-refractivity contribution is -0.118. The number of anilines is 1. The Morgan fingerprint density at radius 1 is 1.37 bits per heavy atom. The summed E-state index contributed by atoms with van der Waals surface area (Å²) in [6.45, 7) is 10.5. The molecule has 0 bridgehead atoms. The summed E-state index contributed by atoms with van der Waals surface area (Å²) in [4.78, 5) is 14.8. The van der Waals surface area contributed by atoms with Crippen LogP contribution in [0.25, 0.3) is 0 Å². The summed E-state index contributed by atoms with van der Waals surface area (Å²) in [5.74, 6) is 0.346. The van der Waals surface area contributed by atoms with E-state index >= 15 is 0 Å². The molecule has 6 nitrogen and oxygen atoms in total. The Morgan fingerprint density at radius 2 is 2.15 bits per heavy atom. The van der Waals surface area contributed by atoms with E-state index in [1.54, 1.807) is 12.1 Å². The predicted octanol–water partition coefficient (Wildman–Crippen LogP) is 2.67. The van der Waals surface area contributed by atoms with Gasteiger partial charge < -0.3 is 10.6 Å². The molecule has 7 heteroatoms. The Labute approximate surface area is 159 Å². The molecule has 1 aromatic carbocycles. The molecular weight excluding hydrogens is 345 g/mol. The van der Waals surface area contributed by atoms with E-state index in [0.717, 1.165) is 24.3 Å². The molecule has 146 valence electrons. The molecule has 2 heterocycles. The third kappa shape index (κ3) is 4.73. The first-order chi connectivity index (χ1) is 12.7. The number of aryl methyl sites for hydroxylation is 1. The first-order valence-electron chi connectivity index (χ1n) is 9.31. The van der Waals surface area contributed by atoms with Crippen molar-refractivity contribution in [2.45, 2.75) is 39.3 Å². The number of carbonyl (C=O) groups excluding carboxylic acids is 1. The number of aromatic nitrogens is 2. The van der Waals surface area contributed by atoms with Gasteiger partial charge in [0.05, 0.1) is 17.8 Å². The first kappa shape index (κ1) is 19.5. The quantitative estimate of drug-likeness (QED) is 0.865. The third-order valence-electron chi connectivity index (χ3n) is 4.67. The molecular formula is C20H28FN5O. The maximum atomic E-state index is 13.6. The molecule has 27 heavy (non-hydrogen) atoms. The predicted molar refractivity (Wildman–Crippen MR) is 104 cm³/mol. The van der Waals surface area contributed by atoms with Crippen LogP contribution in [-0.2, 0) is 10.3 Å². The summed E-state index contributed by atoms with van der Waals surface area (Å²) in [6.07, 6.45) is 0. The molecule has 0 saturated carbocycles.